The van der Waals surface area contributed by atoms with Crippen molar-refractivity contribution < 1.29 is 14.4 Å². The second kappa shape index (κ2) is 10.6. The maximum Gasteiger partial charge on any atom is 0.253 e. The Morgan fingerprint density at radius 3 is 2.19 bits per heavy atom. The number of carbonyl (C=O) groups excluding carboxylic acids is 3. The van der Waals surface area contributed by atoms with Crippen LogP contribution in [0.3, 0.4) is 0 Å². The lowest BCUT2D eigenvalue weighted by Crippen LogP contribution is -2.27. The van der Waals surface area contributed by atoms with Crippen LogP contribution in [0.2, 0.25) is 0 Å². The summed E-state index contributed by atoms with van der Waals surface area (Å²) < 4.78 is 0. The number of carbonyl (C=O) groups is 3. The molecule has 0 bridgehead atoms. The highest BCUT2D eigenvalue weighted by Crippen LogP contribution is 2.17. The number of nitrogens with zero attached hydrogens (tertiary/aromatic N) is 1. The highest BCUT2D eigenvalue weighted by Gasteiger charge is 2.19. The summed E-state index contributed by atoms with van der Waals surface area (Å²) in [6, 6.07) is 14.3. The number of nitrogens with one attached hydrogen (secondary N) is 3. The Labute approximate surface area is 183 Å². The van der Waals surface area contributed by atoms with E-state index in [0.29, 0.717) is 23.6 Å². The molecule has 2 aromatic rings. The van der Waals surface area contributed by atoms with Crippen LogP contribution in [0, 0.1) is 5.92 Å². The Kier molecular flexibility index (Phi) is 7.65. The van der Waals surface area contributed by atoms with Crippen LogP contribution in [0.1, 0.15) is 43.5 Å². The van der Waals surface area contributed by atoms with Gasteiger partial charge in [0.15, 0.2) is 0 Å². The quantitative estimate of drug-likeness (QED) is 0.601. The lowest BCUT2D eigenvalue weighted by Gasteiger charge is -2.16. The molecular formula is C24H30N4O3. The highest BCUT2D eigenvalue weighted by molar-refractivity contribution is 5.98. The molecule has 0 radical (unpaired) electrons. The van der Waals surface area contributed by atoms with E-state index in [1.807, 2.05) is 30.9 Å². The molecule has 3 N–H and O–H groups in total. The molecule has 31 heavy (non-hydrogen) atoms. The normalized spacial score (nSPS) is 13.2. The third kappa shape index (κ3) is 6.84. The summed E-state index contributed by atoms with van der Waals surface area (Å²) >= 11 is 0. The smallest absolute Gasteiger partial charge is 0.253 e. The fourth-order valence-corrected chi connectivity index (χ4v) is 3.47. The van der Waals surface area contributed by atoms with Crippen molar-refractivity contribution in [3.8, 4) is 0 Å². The SMILES string of the molecule is CC(C)CC(=O)Nc1ccc(NCC(=O)Nc2cccc(C(=O)N3CCCC3)c2)cc1. The first-order valence-corrected chi connectivity index (χ1v) is 10.7. The average molecular weight is 423 g/mol. The van der Waals surface area contributed by atoms with Gasteiger partial charge in [-0.25, -0.2) is 0 Å². The second-order valence-electron chi connectivity index (χ2n) is 8.21. The van der Waals surface area contributed by atoms with Gasteiger partial charge in [-0.15, -0.1) is 0 Å². The fourth-order valence-electron chi connectivity index (χ4n) is 3.47. The number of amides is 3. The molecule has 1 aliphatic rings. The van der Waals surface area contributed by atoms with E-state index in [2.05, 4.69) is 16.0 Å². The number of benzene rings is 2. The lowest BCUT2D eigenvalue weighted by atomic mass is 10.1. The van der Waals surface area contributed by atoms with Crippen molar-refractivity contribution in [3.05, 3.63) is 54.1 Å². The van der Waals surface area contributed by atoms with Crippen LogP contribution in [-0.2, 0) is 9.59 Å². The first-order valence-electron chi connectivity index (χ1n) is 10.7. The van der Waals surface area contributed by atoms with Crippen molar-refractivity contribution in [2.75, 3.05) is 35.6 Å². The van der Waals surface area contributed by atoms with Gasteiger partial charge >= 0.3 is 0 Å². The molecular weight excluding hydrogens is 392 g/mol. The van der Waals surface area contributed by atoms with Gasteiger partial charge in [-0.2, -0.15) is 0 Å². The Bertz CT molecular complexity index is 919. The molecule has 0 unspecified atom stereocenters. The molecule has 3 amide bonds. The van der Waals surface area contributed by atoms with Crippen LogP contribution in [0.5, 0.6) is 0 Å². The van der Waals surface area contributed by atoms with E-state index in [4.69, 9.17) is 0 Å². The Hall–Kier alpha value is -3.35. The van der Waals surface area contributed by atoms with Crippen LogP contribution >= 0.6 is 0 Å². The number of likely N-dealkylation sites (tertiary alicyclic amines) is 1. The molecule has 1 heterocycles. The molecule has 7 heteroatoms. The second-order valence-corrected chi connectivity index (χ2v) is 8.21. The molecule has 0 saturated carbocycles. The minimum atomic E-state index is -0.208. The van der Waals surface area contributed by atoms with E-state index in [9.17, 15) is 14.4 Å². The van der Waals surface area contributed by atoms with Crippen molar-refractivity contribution in [1.29, 1.82) is 0 Å². The molecule has 0 aromatic heterocycles. The number of hydrogen-bond acceptors (Lipinski definition) is 4. The van der Waals surface area contributed by atoms with Crippen LogP contribution in [0.15, 0.2) is 48.5 Å². The summed E-state index contributed by atoms with van der Waals surface area (Å²) in [5.74, 6) is 0.0893. The molecule has 0 spiro atoms. The minimum absolute atomic E-state index is 0.00676. The molecule has 7 nitrogen and oxygen atoms in total. The number of rotatable bonds is 8. The summed E-state index contributed by atoms with van der Waals surface area (Å²) in [5.41, 5.74) is 2.68. The van der Waals surface area contributed by atoms with Crippen molar-refractivity contribution in [2.45, 2.75) is 33.1 Å². The zero-order chi connectivity index (χ0) is 22.2. The minimum Gasteiger partial charge on any atom is -0.376 e. The molecule has 0 atom stereocenters. The van der Waals surface area contributed by atoms with Gasteiger partial charge in [0.1, 0.15) is 0 Å². The molecule has 1 saturated heterocycles. The predicted octanol–water partition coefficient (Wildman–Crippen LogP) is 3.96. The first kappa shape index (κ1) is 22.3. The largest absolute Gasteiger partial charge is 0.376 e. The molecule has 0 aliphatic carbocycles. The van der Waals surface area contributed by atoms with E-state index < -0.39 is 0 Å². The van der Waals surface area contributed by atoms with Gasteiger partial charge in [-0.05, 0) is 61.2 Å². The Morgan fingerprint density at radius 1 is 0.871 bits per heavy atom. The van der Waals surface area contributed by atoms with Gasteiger partial charge in [0.05, 0.1) is 6.54 Å². The zero-order valence-electron chi connectivity index (χ0n) is 18.1. The fraction of sp³-hybridized carbons (Fsp3) is 0.375. The van der Waals surface area contributed by atoms with Crippen molar-refractivity contribution in [1.82, 2.24) is 4.90 Å². The first-order chi connectivity index (χ1) is 14.9. The van der Waals surface area contributed by atoms with E-state index in [0.717, 1.165) is 37.3 Å². The summed E-state index contributed by atoms with van der Waals surface area (Å²) in [5, 5.41) is 8.74. The molecule has 1 fully saturated rings. The Morgan fingerprint density at radius 2 is 1.52 bits per heavy atom. The average Bonchev–Trinajstić information content (AvgIpc) is 3.27. The van der Waals surface area contributed by atoms with Gasteiger partial charge < -0.3 is 20.9 Å². The van der Waals surface area contributed by atoms with Gasteiger partial charge in [0.25, 0.3) is 5.91 Å². The molecule has 164 valence electrons. The van der Waals surface area contributed by atoms with Gasteiger partial charge in [-0.1, -0.05) is 19.9 Å². The van der Waals surface area contributed by atoms with Crippen molar-refractivity contribution in [2.24, 2.45) is 5.92 Å². The molecule has 1 aliphatic heterocycles. The van der Waals surface area contributed by atoms with Crippen LogP contribution in [0.4, 0.5) is 17.1 Å². The molecule has 2 aromatic carbocycles. The maximum atomic E-state index is 12.5. The van der Waals surface area contributed by atoms with Crippen LogP contribution < -0.4 is 16.0 Å². The summed E-state index contributed by atoms with van der Waals surface area (Å²) in [6.07, 6.45) is 2.56. The van der Waals surface area contributed by atoms with Crippen LogP contribution in [-0.4, -0.2) is 42.3 Å². The summed E-state index contributed by atoms with van der Waals surface area (Å²) in [6.45, 7) is 5.67. The van der Waals surface area contributed by atoms with E-state index >= 15 is 0 Å². The lowest BCUT2D eigenvalue weighted by molar-refractivity contribution is -0.117. The van der Waals surface area contributed by atoms with Crippen LogP contribution in [0.25, 0.3) is 0 Å². The Balaban J connectivity index is 1.48. The summed E-state index contributed by atoms with van der Waals surface area (Å²) in [7, 11) is 0. The van der Waals surface area contributed by atoms with E-state index in [1.54, 1.807) is 36.4 Å². The van der Waals surface area contributed by atoms with Crippen molar-refractivity contribution in [3.63, 3.8) is 0 Å². The zero-order valence-corrected chi connectivity index (χ0v) is 18.1. The monoisotopic (exact) mass is 422 g/mol. The van der Waals surface area contributed by atoms with Gasteiger partial charge in [-0.3, -0.25) is 14.4 Å². The maximum absolute atomic E-state index is 12.5. The number of anilines is 3. The van der Waals surface area contributed by atoms with Gasteiger partial charge in [0.2, 0.25) is 11.8 Å². The third-order valence-corrected chi connectivity index (χ3v) is 5.00. The summed E-state index contributed by atoms with van der Waals surface area (Å²) in [4.78, 5) is 38.5. The topological polar surface area (TPSA) is 90.5 Å². The van der Waals surface area contributed by atoms with Gasteiger partial charge in [0, 0.05) is 42.1 Å². The standard InChI is InChI=1S/C24H30N4O3/c1-17(2)14-22(29)26-20-10-8-19(9-11-20)25-16-23(30)27-21-7-5-6-18(15-21)24(31)28-12-3-4-13-28/h5-11,15,17,25H,3-4,12-14,16H2,1-2H3,(H,26,29)(H,27,30). The number of hydrogen-bond donors (Lipinski definition) is 3. The molecule has 3 rings (SSSR count). The third-order valence-electron chi connectivity index (χ3n) is 5.00. The van der Waals surface area contributed by atoms with E-state index in [-0.39, 0.29) is 24.3 Å². The van der Waals surface area contributed by atoms with Crippen molar-refractivity contribution >= 4 is 34.8 Å². The van der Waals surface area contributed by atoms with E-state index in [1.165, 1.54) is 0 Å². The highest BCUT2D eigenvalue weighted by atomic mass is 16.2. The predicted molar refractivity (Wildman–Crippen MR) is 123 cm³/mol.